The molecule has 0 aromatic heterocycles. The minimum atomic E-state index is -0.0863. The molecular formula is C11H17NO2. The van der Waals surface area contributed by atoms with Crippen LogP contribution >= 0.6 is 0 Å². The minimum Gasteiger partial charge on any atom is -0.469 e. The summed E-state index contributed by atoms with van der Waals surface area (Å²) in [5.74, 6) is 0.964. The average molecular weight is 195 g/mol. The van der Waals surface area contributed by atoms with Crippen LogP contribution in [0.2, 0.25) is 0 Å². The van der Waals surface area contributed by atoms with Crippen molar-refractivity contribution in [2.75, 3.05) is 7.11 Å². The molecular weight excluding hydrogens is 178 g/mol. The van der Waals surface area contributed by atoms with Crippen LogP contribution in [0.15, 0.2) is 4.99 Å². The molecule has 0 amide bonds. The Morgan fingerprint density at radius 1 is 1.29 bits per heavy atom. The standard InChI is InChI=1S/C11H17NO2/c1-12-10-8-5-3-7(4-6-8)9(10)11(13)14-2/h7-10H,1,3-6H2,2H3. The summed E-state index contributed by atoms with van der Waals surface area (Å²) in [6, 6.07) is 0.120. The summed E-state index contributed by atoms with van der Waals surface area (Å²) in [5.41, 5.74) is 0. The third-order valence-corrected chi connectivity index (χ3v) is 3.86. The van der Waals surface area contributed by atoms with Crippen LogP contribution in [0.25, 0.3) is 0 Å². The van der Waals surface area contributed by atoms with Crippen LogP contribution in [0.4, 0.5) is 0 Å². The van der Waals surface area contributed by atoms with Crippen molar-refractivity contribution in [2.24, 2.45) is 22.7 Å². The Bertz CT molecular complexity index is 244. The van der Waals surface area contributed by atoms with Gasteiger partial charge in [0.1, 0.15) is 0 Å². The van der Waals surface area contributed by atoms with Gasteiger partial charge >= 0.3 is 5.97 Å². The Hall–Kier alpha value is -0.860. The molecule has 0 aromatic carbocycles. The van der Waals surface area contributed by atoms with E-state index in [0.717, 1.165) is 12.8 Å². The number of methoxy groups -OCH3 is 1. The van der Waals surface area contributed by atoms with Gasteiger partial charge in [-0.3, -0.25) is 9.79 Å². The zero-order valence-electron chi connectivity index (χ0n) is 8.61. The van der Waals surface area contributed by atoms with Gasteiger partial charge in [-0.05, 0) is 44.2 Å². The molecule has 2 bridgehead atoms. The van der Waals surface area contributed by atoms with Gasteiger partial charge in [-0.25, -0.2) is 0 Å². The molecule has 2 unspecified atom stereocenters. The maximum absolute atomic E-state index is 11.6. The van der Waals surface area contributed by atoms with E-state index in [2.05, 4.69) is 11.7 Å². The molecule has 3 aliphatic carbocycles. The second kappa shape index (κ2) is 3.71. The number of carbonyl (C=O) groups is 1. The molecule has 3 aliphatic rings. The highest BCUT2D eigenvalue weighted by atomic mass is 16.5. The molecule has 14 heavy (non-hydrogen) atoms. The fraction of sp³-hybridized carbons (Fsp3) is 0.818. The first-order valence-electron chi connectivity index (χ1n) is 5.31. The van der Waals surface area contributed by atoms with Crippen LogP contribution in [0.1, 0.15) is 25.7 Å². The van der Waals surface area contributed by atoms with E-state index in [1.165, 1.54) is 20.0 Å². The molecule has 0 saturated heterocycles. The van der Waals surface area contributed by atoms with E-state index in [1.807, 2.05) is 0 Å². The maximum atomic E-state index is 11.6. The lowest BCUT2D eigenvalue weighted by atomic mass is 9.62. The van der Waals surface area contributed by atoms with Gasteiger partial charge in [0.05, 0.1) is 19.1 Å². The first kappa shape index (κ1) is 9.69. The van der Waals surface area contributed by atoms with Crippen molar-refractivity contribution in [3.63, 3.8) is 0 Å². The van der Waals surface area contributed by atoms with E-state index < -0.39 is 0 Å². The summed E-state index contributed by atoms with van der Waals surface area (Å²) < 4.78 is 4.85. The fourth-order valence-electron chi connectivity index (χ4n) is 3.15. The van der Waals surface area contributed by atoms with Gasteiger partial charge in [-0.15, -0.1) is 0 Å². The van der Waals surface area contributed by atoms with Gasteiger partial charge in [0.25, 0.3) is 0 Å². The number of hydrogen-bond acceptors (Lipinski definition) is 3. The first-order chi connectivity index (χ1) is 6.77. The molecule has 0 radical (unpaired) electrons. The predicted octanol–water partition coefficient (Wildman–Crippen LogP) is 1.66. The lowest BCUT2D eigenvalue weighted by Gasteiger charge is -2.45. The average Bonchev–Trinajstić information content (AvgIpc) is 2.28. The van der Waals surface area contributed by atoms with E-state index in [4.69, 9.17) is 4.74 Å². The highest BCUT2D eigenvalue weighted by Gasteiger charge is 2.47. The molecule has 3 fully saturated rings. The van der Waals surface area contributed by atoms with Gasteiger partial charge in [0, 0.05) is 0 Å². The molecule has 3 heteroatoms. The Labute approximate surface area is 84.5 Å². The second-order valence-corrected chi connectivity index (χ2v) is 4.40. The van der Waals surface area contributed by atoms with Crippen molar-refractivity contribution in [1.82, 2.24) is 0 Å². The molecule has 78 valence electrons. The summed E-state index contributed by atoms with van der Waals surface area (Å²) in [6.45, 7) is 3.61. The molecule has 0 heterocycles. The lowest BCUT2D eigenvalue weighted by Crippen LogP contribution is -2.47. The van der Waals surface area contributed by atoms with Crippen LogP contribution < -0.4 is 0 Å². The van der Waals surface area contributed by atoms with Crippen LogP contribution in [-0.2, 0) is 9.53 Å². The number of hydrogen-bond donors (Lipinski definition) is 0. The van der Waals surface area contributed by atoms with Crippen molar-refractivity contribution >= 4 is 12.7 Å². The lowest BCUT2D eigenvalue weighted by molar-refractivity contribution is -0.152. The van der Waals surface area contributed by atoms with Gasteiger partial charge in [-0.2, -0.15) is 0 Å². The molecule has 0 N–H and O–H groups in total. The molecule has 3 saturated carbocycles. The second-order valence-electron chi connectivity index (χ2n) is 4.40. The quantitative estimate of drug-likeness (QED) is 0.496. The van der Waals surface area contributed by atoms with Gasteiger partial charge in [-0.1, -0.05) is 0 Å². The number of fused-ring (bicyclic) bond motifs is 3. The largest absolute Gasteiger partial charge is 0.469 e. The predicted molar refractivity (Wildman–Crippen MR) is 54.3 cm³/mol. The maximum Gasteiger partial charge on any atom is 0.311 e. The van der Waals surface area contributed by atoms with E-state index in [9.17, 15) is 4.79 Å². The van der Waals surface area contributed by atoms with Crippen molar-refractivity contribution in [1.29, 1.82) is 0 Å². The SMILES string of the molecule is C=NC1C2CCC(CC2)C1C(=O)OC. The summed E-state index contributed by atoms with van der Waals surface area (Å²) in [5, 5.41) is 0. The summed E-state index contributed by atoms with van der Waals surface area (Å²) in [4.78, 5) is 15.7. The number of carbonyl (C=O) groups excluding carboxylic acids is 1. The smallest absolute Gasteiger partial charge is 0.311 e. The molecule has 2 atom stereocenters. The van der Waals surface area contributed by atoms with Crippen LogP contribution in [0.5, 0.6) is 0 Å². The molecule has 0 aliphatic heterocycles. The topological polar surface area (TPSA) is 38.7 Å². The number of rotatable bonds is 2. The highest BCUT2D eigenvalue weighted by Crippen LogP contribution is 2.46. The van der Waals surface area contributed by atoms with E-state index in [0.29, 0.717) is 11.8 Å². The summed E-state index contributed by atoms with van der Waals surface area (Å²) in [7, 11) is 1.46. The first-order valence-corrected chi connectivity index (χ1v) is 5.31. The molecule has 0 spiro atoms. The Kier molecular flexibility index (Phi) is 2.57. The van der Waals surface area contributed by atoms with Crippen molar-refractivity contribution < 1.29 is 9.53 Å². The van der Waals surface area contributed by atoms with Crippen molar-refractivity contribution in [2.45, 2.75) is 31.7 Å². The Morgan fingerprint density at radius 2 is 1.86 bits per heavy atom. The third kappa shape index (κ3) is 1.35. The minimum absolute atomic E-state index is 0.00926. The normalized spacial score (nSPS) is 40.6. The van der Waals surface area contributed by atoms with Crippen molar-refractivity contribution in [3.8, 4) is 0 Å². The zero-order chi connectivity index (χ0) is 10.1. The van der Waals surface area contributed by atoms with E-state index in [1.54, 1.807) is 0 Å². The van der Waals surface area contributed by atoms with Gasteiger partial charge in [0.15, 0.2) is 0 Å². The van der Waals surface area contributed by atoms with E-state index >= 15 is 0 Å². The molecule has 3 nitrogen and oxygen atoms in total. The summed E-state index contributed by atoms with van der Waals surface area (Å²) in [6.07, 6.45) is 4.75. The van der Waals surface area contributed by atoms with Crippen LogP contribution in [-0.4, -0.2) is 25.8 Å². The van der Waals surface area contributed by atoms with Crippen LogP contribution in [0.3, 0.4) is 0 Å². The highest BCUT2D eigenvalue weighted by molar-refractivity contribution is 5.74. The molecule has 3 rings (SSSR count). The van der Waals surface area contributed by atoms with E-state index in [-0.39, 0.29) is 17.9 Å². The number of nitrogens with zero attached hydrogens (tertiary/aromatic N) is 1. The number of ether oxygens (including phenoxy) is 1. The van der Waals surface area contributed by atoms with Crippen molar-refractivity contribution in [3.05, 3.63) is 0 Å². The number of esters is 1. The monoisotopic (exact) mass is 195 g/mol. The fourth-order valence-corrected chi connectivity index (χ4v) is 3.15. The Balaban J connectivity index is 2.20. The van der Waals surface area contributed by atoms with Crippen LogP contribution in [0, 0.1) is 17.8 Å². The molecule has 0 aromatic rings. The zero-order valence-corrected chi connectivity index (χ0v) is 8.61. The third-order valence-electron chi connectivity index (χ3n) is 3.86. The van der Waals surface area contributed by atoms with Gasteiger partial charge in [0.2, 0.25) is 0 Å². The van der Waals surface area contributed by atoms with Gasteiger partial charge < -0.3 is 4.74 Å². The number of aliphatic imine (C=N–C) groups is 1. The summed E-state index contributed by atoms with van der Waals surface area (Å²) >= 11 is 0. The Morgan fingerprint density at radius 3 is 2.36 bits per heavy atom.